The molecular formula is C12H13ClNO3S-. The first-order chi connectivity index (χ1) is 8.54. The number of carbonyl (C=O) groups is 2. The van der Waals surface area contributed by atoms with Crippen molar-refractivity contribution in [3.8, 4) is 0 Å². The van der Waals surface area contributed by atoms with Crippen LogP contribution in [-0.4, -0.2) is 29.9 Å². The van der Waals surface area contributed by atoms with Gasteiger partial charge in [-0.1, -0.05) is 11.6 Å². The first-order valence-electron chi connectivity index (χ1n) is 5.31. The Balaban J connectivity index is 2.66. The van der Waals surface area contributed by atoms with E-state index in [1.165, 1.54) is 11.8 Å². The van der Waals surface area contributed by atoms with Crippen molar-refractivity contribution in [2.45, 2.75) is 12.5 Å². The molecule has 1 aromatic carbocycles. The van der Waals surface area contributed by atoms with Crippen molar-refractivity contribution in [1.29, 1.82) is 0 Å². The van der Waals surface area contributed by atoms with Crippen LogP contribution >= 0.6 is 23.4 Å². The zero-order valence-electron chi connectivity index (χ0n) is 9.81. The highest BCUT2D eigenvalue weighted by Gasteiger charge is 2.14. The lowest BCUT2D eigenvalue weighted by atomic mass is 10.1. The SMILES string of the molecule is CSCC[C@@H](NC(=O)c1ccc(Cl)cc1)C(=O)[O-]. The van der Waals surface area contributed by atoms with E-state index in [1.54, 1.807) is 24.3 Å². The molecule has 1 amide bonds. The van der Waals surface area contributed by atoms with Gasteiger partial charge in [0, 0.05) is 10.6 Å². The fourth-order valence-electron chi connectivity index (χ4n) is 1.33. The fourth-order valence-corrected chi connectivity index (χ4v) is 1.92. The average molecular weight is 287 g/mol. The number of amides is 1. The summed E-state index contributed by atoms with van der Waals surface area (Å²) in [4.78, 5) is 22.7. The van der Waals surface area contributed by atoms with Gasteiger partial charge >= 0.3 is 0 Å². The smallest absolute Gasteiger partial charge is 0.251 e. The van der Waals surface area contributed by atoms with E-state index in [2.05, 4.69) is 5.32 Å². The van der Waals surface area contributed by atoms with Crippen LogP contribution in [0.2, 0.25) is 5.02 Å². The predicted octanol–water partition coefficient (Wildman–Crippen LogP) is 0.941. The summed E-state index contributed by atoms with van der Waals surface area (Å²) in [7, 11) is 0. The molecule has 0 unspecified atom stereocenters. The Morgan fingerprint density at radius 3 is 2.50 bits per heavy atom. The molecule has 0 fully saturated rings. The third-order valence-corrected chi connectivity index (χ3v) is 3.20. The van der Waals surface area contributed by atoms with Gasteiger partial charge in [0.15, 0.2) is 0 Å². The van der Waals surface area contributed by atoms with E-state index in [9.17, 15) is 14.7 Å². The highest BCUT2D eigenvalue weighted by Crippen LogP contribution is 2.10. The topological polar surface area (TPSA) is 69.2 Å². The molecule has 0 radical (unpaired) electrons. The molecule has 0 saturated heterocycles. The molecule has 0 heterocycles. The molecule has 1 rings (SSSR count). The molecule has 1 aromatic rings. The summed E-state index contributed by atoms with van der Waals surface area (Å²) in [5.41, 5.74) is 0.370. The molecule has 1 N–H and O–H groups in total. The van der Waals surface area contributed by atoms with E-state index in [1.807, 2.05) is 6.26 Å². The van der Waals surface area contributed by atoms with Gasteiger partial charge < -0.3 is 15.2 Å². The number of carboxylic acids is 1. The number of carboxylic acid groups (broad SMARTS) is 1. The number of benzene rings is 1. The summed E-state index contributed by atoms with van der Waals surface area (Å²) in [6, 6.07) is 5.26. The lowest BCUT2D eigenvalue weighted by Gasteiger charge is -2.19. The van der Waals surface area contributed by atoms with E-state index in [-0.39, 0.29) is 0 Å². The van der Waals surface area contributed by atoms with Crippen molar-refractivity contribution in [3.05, 3.63) is 34.9 Å². The zero-order chi connectivity index (χ0) is 13.5. The Morgan fingerprint density at radius 1 is 1.39 bits per heavy atom. The maximum absolute atomic E-state index is 11.8. The van der Waals surface area contributed by atoms with Crippen LogP contribution in [0.15, 0.2) is 24.3 Å². The summed E-state index contributed by atoms with van der Waals surface area (Å²) in [5.74, 6) is -1.08. The van der Waals surface area contributed by atoms with Gasteiger partial charge in [-0.2, -0.15) is 11.8 Å². The summed E-state index contributed by atoms with van der Waals surface area (Å²) in [6.45, 7) is 0. The van der Waals surface area contributed by atoms with E-state index >= 15 is 0 Å². The summed E-state index contributed by atoms with van der Waals surface area (Å²) in [6.07, 6.45) is 2.20. The van der Waals surface area contributed by atoms with E-state index in [4.69, 9.17) is 11.6 Å². The van der Waals surface area contributed by atoms with Gasteiger partial charge in [-0.05, 0) is 42.7 Å². The van der Waals surface area contributed by atoms with Gasteiger partial charge in [-0.15, -0.1) is 0 Å². The first kappa shape index (κ1) is 14.9. The Kier molecular flexibility index (Phi) is 6.01. The van der Waals surface area contributed by atoms with Crippen LogP contribution in [0.4, 0.5) is 0 Å². The number of nitrogens with one attached hydrogen (secondary N) is 1. The molecule has 0 aromatic heterocycles. The second-order valence-corrected chi connectivity index (χ2v) is 5.06. The first-order valence-corrected chi connectivity index (χ1v) is 7.08. The van der Waals surface area contributed by atoms with Crippen molar-refractivity contribution in [3.63, 3.8) is 0 Å². The normalized spacial score (nSPS) is 11.9. The second-order valence-electron chi connectivity index (χ2n) is 3.63. The molecule has 0 aliphatic carbocycles. The quantitative estimate of drug-likeness (QED) is 0.845. The van der Waals surface area contributed by atoms with Crippen LogP contribution in [0, 0.1) is 0 Å². The molecule has 0 bridgehead atoms. The molecule has 6 heteroatoms. The minimum Gasteiger partial charge on any atom is -0.548 e. The minimum atomic E-state index is -1.27. The van der Waals surface area contributed by atoms with Crippen LogP contribution in [-0.2, 0) is 4.79 Å². The standard InChI is InChI=1S/C12H14ClNO3S/c1-18-7-6-10(12(16)17)14-11(15)8-2-4-9(13)5-3-8/h2-5,10H,6-7H2,1H3,(H,14,15)(H,16,17)/p-1/t10-/m1/s1. The Hall–Kier alpha value is -1.20. The monoisotopic (exact) mass is 286 g/mol. The third kappa shape index (κ3) is 4.58. The Morgan fingerprint density at radius 2 is 2.00 bits per heavy atom. The zero-order valence-corrected chi connectivity index (χ0v) is 11.4. The summed E-state index contributed by atoms with van der Waals surface area (Å²) < 4.78 is 0. The molecule has 0 saturated carbocycles. The molecule has 0 aliphatic rings. The van der Waals surface area contributed by atoms with E-state index < -0.39 is 17.9 Å². The Labute approximate surface area is 115 Å². The van der Waals surface area contributed by atoms with Gasteiger partial charge in [0.05, 0.1) is 12.0 Å². The molecule has 0 spiro atoms. The lowest BCUT2D eigenvalue weighted by Crippen LogP contribution is -2.48. The number of aliphatic carboxylic acids is 1. The summed E-state index contributed by atoms with van der Waals surface area (Å²) >= 11 is 7.21. The fraction of sp³-hybridized carbons (Fsp3) is 0.333. The van der Waals surface area contributed by atoms with E-state index in [0.717, 1.165) is 0 Å². The number of halogens is 1. The van der Waals surface area contributed by atoms with Crippen molar-refractivity contribution < 1.29 is 14.7 Å². The number of thioether (sulfide) groups is 1. The van der Waals surface area contributed by atoms with Gasteiger partial charge in [-0.3, -0.25) is 4.79 Å². The van der Waals surface area contributed by atoms with Gasteiger partial charge in [0.1, 0.15) is 0 Å². The maximum Gasteiger partial charge on any atom is 0.251 e. The predicted molar refractivity (Wildman–Crippen MR) is 70.7 cm³/mol. The number of hydrogen-bond donors (Lipinski definition) is 1. The minimum absolute atomic E-state index is 0.336. The average Bonchev–Trinajstić information content (AvgIpc) is 2.34. The molecule has 18 heavy (non-hydrogen) atoms. The highest BCUT2D eigenvalue weighted by atomic mass is 35.5. The van der Waals surface area contributed by atoms with Crippen LogP contribution in [0.5, 0.6) is 0 Å². The van der Waals surface area contributed by atoms with Crippen LogP contribution in [0.1, 0.15) is 16.8 Å². The van der Waals surface area contributed by atoms with Crippen molar-refractivity contribution in [2.24, 2.45) is 0 Å². The van der Waals surface area contributed by atoms with Gasteiger partial charge in [0.2, 0.25) is 0 Å². The Bertz CT molecular complexity index is 422. The van der Waals surface area contributed by atoms with Crippen LogP contribution in [0.3, 0.4) is 0 Å². The largest absolute Gasteiger partial charge is 0.548 e. The van der Waals surface area contributed by atoms with Crippen LogP contribution in [0.25, 0.3) is 0 Å². The number of rotatable bonds is 6. The highest BCUT2D eigenvalue weighted by molar-refractivity contribution is 7.98. The maximum atomic E-state index is 11.8. The van der Waals surface area contributed by atoms with Gasteiger partial charge in [0.25, 0.3) is 5.91 Å². The third-order valence-electron chi connectivity index (χ3n) is 2.31. The number of hydrogen-bond acceptors (Lipinski definition) is 4. The van der Waals surface area contributed by atoms with Crippen LogP contribution < -0.4 is 10.4 Å². The molecule has 1 atom stereocenters. The molecule has 0 aliphatic heterocycles. The lowest BCUT2D eigenvalue weighted by molar-refractivity contribution is -0.308. The van der Waals surface area contributed by atoms with E-state index in [0.29, 0.717) is 22.8 Å². The summed E-state index contributed by atoms with van der Waals surface area (Å²) in [5, 5.41) is 13.8. The number of carbonyl (C=O) groups excluding carboxylic acids is 2. The van der Waals surface area contributed by atoms with Gasteiger partial charge in [-0.25, -0.2) is 0 Å². The van der Waals surface area contributed by atoms with Crippen molar-refractivity contribution >= 4 is 35.2 Å². The van der Waals surface area contributed by atoms with Crippen molar-refractivity contribution in [2.75, 3.05) is 12.0 Å². The molecular weight excluding hydrogens is 274 g/mol. The second kappa shape index (κ2) is 7.28. The molecule has 98 valence electrons. The molecule has 4 nitrogen and oxygen atoms in total. The van der Waals surface area contributed by atoms with Crippen molar-refractivity contribution in [1.82, 2.24) is 5.32 Å².